The van der Waals surface area contributed by atoms with Crippen LogP contribution in [0.5, 0.6) is 0 Å². The van der Waals surface area contributed by atoms with Crippen LogP contribution in [0.2, 0.25) is 0 Å². The van der Waals surface area contributed by atoms with Crippen LogP contribution in [0.15, 0.2) is 0 Å². The van der Waals surface area contributed by atoms with Gasteiger partial charge in [0.1, 0.15) is 0 Å². The van der Waals surface area contributed by atoms with Gasteiger partial charge >= 0.3 is 0 Å². The summed E-state index contributed by atoms with van der Waals surface area (Å²) in [6.07, 6.45) is 2.49. The van der Waals surface area contributed by atoms with Crippen molar-refractivity contribution in [3.8, 4) is 0 Å². The molecule has 0 spiro atoms. The zero-order valence-corrected chi connectivity index (χ0v) is 12.8. The molecule has 0 aromatic rings. The van der Waals surface area contributed by atoms with Gasteiger partial charge in [-0.1, -0.05) is 0 Å². The van der Waals surface area contributed by atoms with Crippen LogP contribution in [0.4, 0.5) is 0 Å². The quantitative estimate of drug-likeness (QED) is 0.791. The Morgan fingerprint density at radius 1 is 1.22 bits per heavy atom. The third-order valence-corrected chi connectivity index (χ3v) is 4.21. The van der Waals surface area contributed by atoms with Gasteiger partial charge in [0, 0.05) is 13.6 Å². The molecule has 2 N–H and O–H groups in total. The molecule has 2 heterocycles. The molecule has 0 aromatic heterocycles. The topological polar surface area (TPSA) is 44.4 Å². The van der Waals surface area contributed by atoms with Crippen molar-refractivity contribution in [2.75, 3.05) is 40.3 Å². The predicted molar refractivity (Wildman–Crippen MR) is 78.6 cm³/mol. The van der Waals surface area contributed by atoms with E-state index in [0.717, 1.165) is 19.0 Å². The Labute approximate surface area is 122 Å². The van der Waals surface area contributed by atoms with Gasteiger partial charge in [0.25, 0.3) is 0 Å². The van der Waals surface area contributed by atoms with Crippen molar-refractivity contribution in [3.63, 3.8) is 0 Å². The van der Waals surface area contributed by atoms with Gasteiger partial charge in [-0.25, -0.2) is 0 Å². The van der Waals surface area contributed by atoms with E-state index in [1.807, 2.05) is 0 Å². The Kier molecular flexibility index (Phi) is 8.19. The molecule has 2 aliphatic rings. The Balaban J connectivity index is 0.00000144. The third-order valence-electron chi connectivity index (χ3n) is 4.21. The largest absolute Gasteiger partial charge is 0.359 e. The highest BCUT2D eigenvalue weighted by Gasteiger charge is 2.38. The van der Waals surface area contributed by atoms with E-state index in [4.69, 9.17) is 0 Å². The minimum atomic E-state index is 0. The number of piperidine rings is 1. The van der Waals surface area contributed by atoms with Crippen molar-refractivity contribution in [2.24, 2.45) is 17.8 Å². The van der Waals surface area contributed by atoms with Gasteiger partial charge in [0.15, 0.2) is 0 Å². The highest BCUT2D eigenvalue weighted by molar-refractivity contribution is 5.85. The van der Waals surface area contributed by atoms with Crippen LogP contribution < -0.4 is 10.6 Å². The van der Waals surface area contributed by atoms with Crippen molar-refractivity contribution in [2.45, 2.75) is 12.8 Å². The molecule has 1 amide bonds. The van der Waals surface area contributed by atoms with Gasteiger partial charge < -0.3 is 15.5 Å². The number of amides is 1. The number of carbonyl (C=O) groups is 1. The molecule has 2 fully saturated rings. The maximum atomic E-state index is 11.8. The van der Waals surface area contributed by atoms with Crippen molar-refractivity contribution in [3.05, 3.63) is 0 Å². The van der Waals surface area contributed by atoms with Crippen LogP contribution in [0, 0.1) is 17.8 Å². The summed E-state index contributed by atoms with van der Waals surface area (Å²) in [4.78, 5) is 14.2. The lowest BCUT2D eigenvalue weighted by Crippen LogP contribution is -2.39. The first-order chi connectivity index (χ1) is 7.72. The van der Waals surface area contributed by atoms with Crippen LogP contribution in [-0.4, -0.2) is 51.1 Å². The molecule has 2 saturated heterocycles. The number of hydrogen-bond donors (Lipinski definition) is 2. The summed E-state index contributed by atoms with van der Waals surface area (Å²) in [5.74, 6) is 1.69. The number of likely N-dealkylation sites (tertiary alicyclic amines) is 1. The molecule has 2 atom stereocenters. The molecule has 0 bridgehead atoms. The Hall–Kier alpha value is -0.0300. The van der Waals surface area contributed by atoms with Crippen LogP contribution in [0.3, 0.4) is 0 Å². The van der Waals surface area contributed by atoms with E-state index < -0.39 is 0 Å². The number of carbonyl (C=O) groups excluding carboxylic acids is 1. The number of hydrogen-bond acceptors (Lipinski definition) is 3. The van der Waals surface area contributed by atoms with E-state index in [-0.39, 0.29) is 36.6 Å². The molecule has 18 heavy (non-hydrogen) atoms. The third kappa shape index (κ3) is 3.98. The van der Waals surface area contributed by atoms with E-state index >= 15 is 0 Å². The average Bonchev–Trinajstić information content (AvgIpc) is 2.78. The fraction of sp³-hybridized carbons (Fsp3) is 0.917. The monoisotopic (exact) mass is 297 g/mol. The first-order valence-corrected chi connectivity index (χ1v) is 6.33. The summed E-state index contributed by atoms with van der Waals surface area (Å²) >= 11 is 0. The molecule has 2 rings (SSSR count). The smallest absolute Gasteiger partial charge is 0.224 e. The van der Waals surface area contributed by atoms with Crippen LogP contribution in [0.25, 0.3) is 0 Å². The number of rotatable bonds is 2. The fourth-order valence-electron chi connectivity index (χ4n) is 3.12. The van der Waals surface area contributed by atoms with Crippen LogP contribution in [0.1, 0.15) is 12.8 Å². The lowest BCUT2D eigenvalue weighted by atomic mass is 9.78. The highest BCUT2D eigenvalue weighted by Crippen LogP contribution is 2.32. The molecular weight excluding hydrogens is 273 g/mol. The normalized spacial score (nSPS) is 29.2. The SMILES string of the molecule is CNC(=O)[C@@H]1CNC[C@H]1C1CCN(C)CC1.Cl.Cl. The van der Waals surface area contributed by atoms with Gasteiger partial charge in [-0.2, -0.15) is 0 Å². The van der Waals surface area contributed by atoms with Gasteiger partial charge in [-0.15, -0.1) is 24.8 Å². The van der Waals surface area contributed by atoms with Gasteiger partial charge in [-0.05, 0) is 51.4 Å². The van der Waals surface area contributed by atoms with Crippen molar-refractivity contribution in [1.82, 2.24) is 15.5 Å². The summed E-state index contributed by atoms with van der Waals surface area (Å²) in [7, 11) is 3.92. The number of nitrogens with zero attached hydrogens (tertiary/aromatic N) is 1. The van der Waals surface area contributed by atoms with Crippen molar-refractivity contribution in [1.29, 1.82) is 0 Å². The van der Waals surface area contributed by atoms with E-state index in [9.17, 15) is 4.79 Å². The molecule has 0 aliphatic carbocycles. The van der Waals surface area contributed by atoms with E-state index in [1.165, 1.54) is 25.9 Å². The fourth-order valence-corrected chi connectivity index (χ4v) is 3.12. The number of nitrogens with one attached hydrogen (secondary N) is 2. The van der Waals surface area contributed by atoms with Crippen LogP contribution >= 0.6 is 24.8 Å². The summed E-state index contributed by atoms with van der Waals surface area (Å²) in [6.45, 7) is 4.24. The highest BCUT2D eigenvalue weighted by atomic mass is 35.5. The molecule has 4 nitrogen and oxygen atoms in total. The maximum Gasteiger partial charge on any atom is 0.224 e. The summed E-state index contributed by atoms with van der Waals surface area (Å²) < 4.78 is 0. The minimum Gasteiger partial charge on any atom is -0.359 e. The van der Waals surface area contributed by atoms with Gasteiger partial charge in [0.2, 0.25) is 5.91 Å². The lowest BCUT2D eigenvalue weighted by molar-refractivity contribution is -0.125. The molecule has 0 unspecified atom stereocenters. The Bertz CT molecular complexity index is 258. The van der Waals surface area contributed by atoms with E-state index in [2.05, 4.69) is 22.6 Å². The minimum absolute atomic E-state index is 0. The molecule has 0 saturated carbocycles. The molecule has 2 aliphatic heterocycles. The average molecular weight is 298 g/mol. The summed E-state index contributed by atoms with van der Waals surface area (Å²) in [5.41, 5.74) is 0. The first-order valence-electron chi connectivity index (χ1n) is 6.33. The van der Waals surface area contributed by atoms with E-state index in [0.29, 0.717) is 5.92 Å². The van der Waals surface area contributed by atoms with Crippen LogP contribution in [-0.2, 0) is 4.79 Å². The number of halogens is 2. The maximum absolute atomic E-state index is 11.8. The van der Waals surface area contributed by atoms with Gasteiger partial charge in [0.05, 0.1) is 5.92 Å². The molecular formula is C12H25Cl2N3O. The lowest BCUT2D eigenvalue weighted by Gasteiger charge is -2.34. The summed E-state index contributed by atoms with van der Waals surface area (Å²) in [6, 6.07) is 0. The molecule has 0 radical (unpaired) electrons. The standard InChI is InChI=1S/C12H23N3O.2ClH/c1-13-12(16)11-8-14-7-10(11)9-3-5-15(2)6-4-9;;/h9-11,14H,3-8H2,1-2H3,(H,13,16);2*1H/t10-,11+;;/m0../s1. The second-order valence-electron chi connectivity index (χ2n) is 5.18. The van der Waals surface area contributed by atoms with Crippen molar-refractivity contribution >= 4 is 30.7 Å². The Morgan fingerprint density at radius 3 is 2.39 bits per heavy atom. The first kappa shape index (κ1) is 18.0. The van der Waals surface area contributed by atoms with Crippen molar-refractivity contribution < 1.29 is 4.79 Å². The Morgan fingerprint density at radius 2 is 1.83 bits per heavy atom. The van der Waals surface area contributed by atoms with E-state index in [1.54, 1.807) is 7.05 Å². The zero-order valence-electron chi connectivity index (χ0n) is 11.1. The molecule has 0 aromatic carbocycles. The predicted octanol–water partition coefficient (Wildman–Crippen LogP) is 0.753. The van der Waals surface area contributed by atoms with Gasteiger partial charge in [-0.3, -0.25) is 4.79 Å². The molecule has 108 valence electrons. The zero-order chi connectivity index (χ0) is 11.5. The molecule has 6 heteroatoms. The summed E-state index contributed by atoms with van der Waals surface area (Å²) in [5, 5.41) is 6.17. The second-order valence-corrected chi connectivity index (χ2v) is 5.18. The second kappa shape index (κ2) is 8.20.